The van der Waals surface area contributed by atoms with Gasteiger partial charge < -0.3 is 15.2 Å². The van der Waals surface area contributed by atoms with E-state index in [0.717, 1.165) is 0 Å². The van der Waals surface area contributed by atoms with E-state index in [1.165, 1.54) is 12.0 Å². The summed E-state index contributed by atoms with van der Waals surface area (Å²) >= 11 is 0. The van der Waals surface area contributed by atoms with Gasteiger partial charge in [0.05, 0.1) is 12.7 Å². The molecule has 3 heterocycles. The minimum absolute atomic E-state index is 0.0377. The minimum Gasteiger partial charge on any atom is -0.468 e. The molecule has 1 atom stereocenters. The molecule has 0 saturated heterocycles. The Morgan fingerprint density at radius 1 is 1.48 bits per heavy atom. The lowest BCUT2D eigenvalue weighted by Gasteiger charge is -2.32. The number of benzene rings is 1. The van der Waals surface area contributed by atoms with Crippen molar-refractivity contribution in [2.45, 2.75) is 12.3 Å². The van der Waals surface area contributed by atoms with Crippen molar-refractivity contribution in [2.75, 3.05) is 18.6 Å². The first kappa shape index (κ1) is 16.7. The average Bonchev–Trinajstić information content (AvgIpc) is 3.14. The van der Waals surface area contributed by atoms with Crippen molar-refractivity contribution in [2.24, 2.45) is 5.73 Å². The summed E-state index contributed by atoms with van der Waals surface area (Å²) in [4.78, 5) is 26.9. The molecule has 9 nitrogen and oxygen atoms in total. The number of anilines is 1. The van der Waals surface area contributed by atoms with Gasteiger partial charge in [-0.1, -0.05) is 18.2 Å². The van der Waals surface area contributed by atoms with Crippen molar-refractivity contribution < 1.29 is 19.1 Å². The van der Waals surface area contributed by atoms with E-state index in [2.05, 4.69) is 10.2 Å². The largest absolute Gasteiger partial charge is 0.468 e. The molecule has 1 amide bonds. The highest BCUT2D eigenvalue weighted by atomic mass is 16.5. The van der Waals surface area contributed by atoms with Gasteiger partial charge in [-0.05, 0) is 13.0 Å². The third-order valence-electron chi connectivity index (χ3n) is 4.91. The molecule has 1 aromatic heterocycles. The Bertz CT molecular complexity index is 1060. The van der Waals surface area contributed by atoms with Gasteiger partial charge in [-0.2, -0.15) is 5.26 Å². The number of nitrogens with two attached hydrogens (primary N) is 1. The molecule has 0 aliphatic carbocycles. The SMILES string of the molecule is COC(=O)CN1C(=O)C2(C(C#N)=C(N)Oc3n[nH]c(C)c32)c2ccccc21. The number of nitrogens with zero attached hydrogens (tertiary/aromatic N) is 3. The van der Waals surface area contributed by atoms with Crippen LogP contribution >= 0.6 is 0 Å². The van der Waals surface area contributed by atoms with Crippen LogP contribution in [-0.4, -0.2) is 35.7 Å². The van der Waals surface area contributed by atoms with Gasteiger partial charge in [0.2, 0.25) is 17.7 Å². The lowest BCUT2D eigenvalue weighted by atomic mass is 9.69. The first-order valence-electron chi connectivity index (χ1n) is 8.08. The molecule has 0 radical (unpaired) electrons. The molecule has 9 heteroatoms. The Hall–Kier alpha value is -3.80. The number of aryl methyl sites for hydroxylation is 1. The molecule has 4 rings (SSSR count). The third kappa shape index (κ3) is 1.95. The number of ether oxygens (including phenoxy) is 2. The zero-order valence-corrected chi connectivity index (χ0v) is 14.6. The number of carbonyl (C=O) groups is 2. The maximum atomic E-state index is 13.7. The fraction of sp³-hybridized carbons (Fsp3) is 0.222. The number of nitriles is 1. The van der Waals surface area contributed by atoms with Crippen LogP contribution in [0.15, 0.2) is 35.7 Å². The smallest absolute Gasteiger partial charge is 0.325 e. The van der Waals surface area contributed by atoms with Gasteiger partial charge in [-0.25, -0.2) is 0 Å². The van der Waals surface area contributed by atoms with Gasteiger partial charge in [0.1, 0.15) is 23.6 Å². The number of hydrogen-bond donors (Lipinski definition) is 2. The number of amides is 1. The molecule has 0 fully saturated rings. The molecule has 1 aromatic carbocycles. The van der Waals surface area contributed by atoms with Gasteiger partial charge >= 0.3 is 5.97 Å². The van der Waals surface area contributed by atoms with Crippen LogP contribution in [0, 0.1) is 18.3 Å². The number of fused-ring (bicyclic) bond motifs is 4. The summed E-state index contributed by atoms with van der Waals surface area (Å²) in [6.07, 6.45) is 0. The number of H-pyrrole nitrogens is 1. The summed E-state index contributed by atoms with van der Waals surface area (Å²) in [5.41, 5.74) is 6.42. The van der Waals surface area contributed by atoms with Crippen molar-refractivity contribution in [1.82, 2.24) is 10.2 Å². The fourth-order valence-corrected chi connectivity index (χ4v) is 3.81. The number of methoxy groups -OCH3 is 1. The summed E-state index contributed by atoms with van der Waals surface area (Å²) < 4.78 is 10.2. The molecular weight excluding hydrogens is 350 g/mol. The molecule has 2 aromatic rings. The second-order valence-electron chi connectivity index (χ2n) is 6.22. The molecule has 0 bridgehead atoms. The molecule has 0 saturated carbocycles. The Labute approximate surface area is 154 Å². The zero-order chi connectivity index (χ0) is 19.3. The normalized spacial score (nSPS) is 20.2. The second-order valence-corrected chi connectivity index (χ2v) is 6.22. The standard InChI is InChI=1S/C18H15N5O4/c1-9-14-16(22-21-9)27-15(20)11(7-19)18(14)10-5-3-4-6-12(10)23(17(18)25)8-13(24)26-2/h3-6H,8,20H2,1-2H3,(H,21,22). The van der Waals surface area contributed by atoms with E-state index in [1.54, 1.807) is 31.2 Å². The highest BCUT2D eigenvalue weighted by Gasteiger charge is 2.60. The summed E-state index contributed by atoms with van der Waals surface area (Å²) in [6, 6.07) is 8.97. The first-order chi connectivity index (χ1) is 13.0. The maximum Gasteiger partial charge on any atom is 0.325 e. The zero-order valence-electron chi connectivity index (χ0n) is 14.6. The Balaban J connectivity index is 2.07. The maximum absolute atomic E-state index is 13.7. The van der Waals surface area contributed by atoms with E-state index in [1.807, 2.05) is 6.07 Å². The summed E-state index contributed by atoms with van der Waals surface area (Å²) in [7, 11) is 1.25. The number of nitrogens with one attached hydrogen (secondary N) is 1. The van der Waals surface area contributed by atoms with E-state index in [-0.39, 0.29) is 23.9 Å². The van der Waals surface area contributed by atoms with Crippen molar-refractivity contribution in [1.29, 1.82) is 5.26 Å². The topological polar surface area (TPSA) is 134 Å². The van der Waals surface area contributed by atoms with Crippen LogP contribution in [0.2, 0.25) is 0 Å². The summed E-state index contributed by atoms with van der Waals surface area (Å²) in [6.45, 7) is 1.44. The van der Waals surface area contributed by atoms with Crippen molar-refractivity contribution in [3.05, 3.63) is 52.5 Å². The predicted octanol–water partition coefficient (Wildman–Crippen LogP) is 0.610. The fourth-order valence-electron chi connectivity index (χ4n) is 3.81. The summed E-state index contributed by atoms with van der Waals surface area (Å²) in [5.74, 6) is -1.13. The van der Waals surface area contributed by atoms with Crippen LogP contribution in [0.4, 0.5) is 5.69 Å². The van der Waals surface area contributed by atoms with Gasteiger partial charge in [-0.3, -0.25) is 19.6 Å². The molecule has 3 N–H and O–H groups in total. The Kier molecular flexibility index (Phi) is 3.46. The van der Waals surface area contributed by atoms with Crippen molar-refractivity contribution >= 4 is 17.6 Å². The quantitative estimate of drug-likeness (QED) is 0.745. The number of rotatable bonds is 2. The Morgan fingerprint density at radius 2 is 2.22 bits per heavy atom. The number of aromatic amines is 1. The monoisotopic (exact) mass is 365 g/mol. The molecule has 2 aliphatic heterocycles. The highest BCUT2D eigenvalue weighted by molar-refractivity contribution is 6.15. The molecular formula is C18H15N5O4. The van der Waals surface area contributed by atoms with Crippen LogP contribution in [0.25, 0.3) is 0 Å². The molecule has 1 unspecified atom stereocenters. The van der Waals surface area contributed by atoms with Gasteiger partial charge in [0.25, 0.3) is 0 Å². The van der Waals surface area contributed by atoms with Gasteiger partial charge in [0, 0.05) is 16.9 Å². The lowest BCUT2D eigenvalue weighted by molar-refractivity contribution is -0.140. The number of hydrogen-bond acceptors (Lipinski definition) is 7. The summed E-state index contributed by atoms with van der Waals surface area (Å²) in [5, 5.41) is 16.7. The van der Waals surface area contributed by atoms with Crippen LogP contribution in [0.1, 0.15) is 16.8 Å². The molecule has 1 spiro atoms. The minimum atomic E-state index is -1.53. The predicted molar refractivity (Wildman–Crippen MR) is 92.4 cm³/mol. The Morgan fingerprint density at radius 3 is 2.93 bits per heavy atom. The number of aromatic nitrogens is 2. The van der Waals surface area contributed by atoms with Crippen LogP contribution in [-0.2, 0) is 19.7 Å². The van der Waals surface area contributed by atoms with Crippen LogP contribution in [0.5, 0.6) is 5.88 Å². The molecule has 2 aliphatic rings. The number of carbonyl (C=O) groups excluding carboxylic acids is 2. The number of esters is 1. The van der Waals surface area contributed by atoms with Crippen LogP contribution < -0.4 is 15.4 Å². The van der Waals surface area contributed by atoms with Crippen molar-refractivity contribution in [3.8, 4) is 11.9 Å². The van der Waals surface area contributed by atoms with E-state index in [4.69, 9.17) is 15.2 Å². The second kappa shape index (κ2) is 5.60. The highest BCUT2D eigenvalue weighted by Crippen LogP contribution is 2.55. The van der Waals surface area contributed by atoms with E-state index < -0.39 is 17.3 Å². The molecule has 27 heavy (non-hydrogen) atoms. The lowest BCUT2D eigenvalue weighted by Crippen LogP contribution is -2.47. The first-order valence-corrected chi connectivity index (χ1v) is 8.08. The van der Waals surface area contributed by atoms with Crippen LogP contribution in [0.3, 0.4) is 0 Å². The average molecular weight is 365 g/mol. The van der Waals surface area contributed by atoms with Gasteiger partial charge in [0.15, 0.2) is 0 Å². The van der Waals surface area contributed by atoms with E-state index in [9.17, 15) is 14.9 Å². The third-order valence-corrected chi connectivity index (χ3v) is 4.91. The number of para-hydroxylation sites is 1. The van der Waals surface area contributed by atoms with E-state index in [0.29, 0.717) is 22.5 Å². The van der Waals surface area contributed by atoms with E-state index >= 15 is 0 Å². The van der Waals surface area contributed by atoms with Gasteiger partial charge in [-0.15, -0.1) is 5.10 Å². The molecule has 136 valence electrons. The van der Waals surface area contributed by atoms with Crippen molar-refractivity contribution in [3.63, 3.8) is 0 Å².